The molecule has 2 N–H and O–H groups in total. The lowest BCUT2D eigenvalue weighted by Gasteiger charge is -2.01. The number of Topliss-reactive ketones (excluding diaryl/α,β-unsaturated/α-hetero) is 1. The van der Waals surface area contributed by atoms with Gasteiger partial charge in [0.15, 0.2) is 17.3 Å². The van der Waals surface area contributed by atoms with Gasteiger partial charge in [0.25, 0.3) is 0 Å². The summed E-state index contributed by atoms with van der Waals surface area (Å²) in [6, 6.07) is 1.60. The number of halogens is 1. The fourth-order valence-electron chi connectivity index (χ4n) is 0.821. The Morgan fingerprint density at radius 3 is 2.07 bits per heavy atom. The molecule has 0 bridgehead atoms. The molecule has 14 heavy (non-hydrogen) atoms. The number of hydrogen-bond donors (Lipinski definition) is 2. The first-order valence-corrected chi connectivity index (χ1v) is 4.25. The van der Waals surface area contributed by atoms with Gasteiger partial charge in [-0.3, -0.25) is 4.79 Å². The Kier molecular flexibility index (Phi) is 4.63. The maximum absolute atomic E-state index is 12.8. The smallest absolute Gasteiger partial charge is 0.162 e. The average Bonchev–Trinajstić information content (AvgIpc) is 2.14. The second-order valence-electron chi connectivity index (χ2n) is 2.38. The zero-order valence-electron chi connectivity index (χ0n) is 8.34. The molecule has 4 heteroatoms. The molecule has 78 valence electrons. The van der Waals surface area contributed by atoms with Gasteiger partial charge in [-0.25, -0.2) is 4.39 Å². The number of hydrogen-bond acceptors (Lipinski definition) is 3. The van der Waals surface area contributed by atoms with Crippen LogP contribution in [0, 0.1) is 5.82 Å². The van der Waals surface area contributed by atoms with E-state index in [2.05, 4.69) is 0 Å². The van der Waals surface area contributed by atoms with Crippen molar-refractivity contribution in [2.45, 2.75) is 20.8 Å². The molecular weight excluding hydrogens is 187 g/mol. The van der Waals surface area contributed by atoms with Crippen LogP contribution in [0.2, 0.25) is 0 Å². The predicted molar refractivity (Wildman–Crippen MR) is 51.1 cm³/mol. The van der Waals surface area contributed by atoms with Gasteiger partial charge in [-0.15, -0.1) is 0 Å². The largest absolute Gasteiger partial charge is 0.504 e. The predicted octanol–water partition coefficient (Wildman–Crippen LogP) is 2.47. The summed E-state index contributed by atoms with van der Waals surface area (Å²) < 4.78 is 12.8. The second kappa shape index (κ2) is 5.21. The Hall–Kier alpha value is -1.58. The fourth-order valence-corrected chi connectivity index (χ4v) is 0.821. The first-order chi connectivity index (χ1) is 6.52. The highest BCUT2D eigenvalue weighted by Crippen LogP contribution is 2.27. The number of phenols is 2. The summed E-state index contributed by atoms with van der Waals surface area (Å²) in [7, 11) is 0. The van der Waals surface area contributed by atoms with Gasteiger partial charge in [0.1, 0.15) is 5.82 Å². The van der Waals surface area contributed by atoms with E-state index >= 15 is 0 Å². The molecule has 0 heterocycles. The van der Waals surface area contributed by atoms with Crippen LogP contribution >= 0.6 is 0 Å². The van der Waals surface area contributed by atoms with Crippen LogP contribution in [0.4, 0.5) is 4.39 Å². The van der Waals surface area contributed by atoms with Crippen LogP contribution in [-0.4, -0.2) is 16.0 Å². The number of benzene rings is 1. The van der Waals surface area contributed by atoms with Gasteiger partial charge in [0.2, 0.25) is 0 Å². The van der Waals surface area contributed by atoms with Crippen molar-refractivity contribution in [2.75, 3.05) is 0 Å². The molecular formula is C10H13FO3. The molecule has 0 aliphatic carbocycles. The van der Waals surface area contributed by atoms with Crippen LogP contribution in [0.5, 0.6) is 11.5 Å². The highest BCUT2D eigenvalue weighted by molar-refractivity contribution is 5.94. The number of carbonyl (C=O) groups excluding carboxylic acids is 1. The fraction of sp³-hybridized carbons (Fsp3) is 0.300. The third-order valence-corrected chi connectivity index (χ3v) is 1.44. The molecule has 0 spiro atoms. The zero-order chi connectivity index (χ0) is 11.3. The van der Waals surface area contributed by atoms with Gasteiger partial charge in [0, 0.05) is 6.07 Å². The topological polar surface area (TPSA) is 57.5 Å². The van der Waals surface area contributed by atoms with Crippen molar-refractivity contribution in [1.82, 2.24) is 0 Å². The Labute approximate surface area is 81.8 Å². The monoisotopic (exact) mass is 200 g/mol. The number of rotatable bonds is 1. The van der Waals surface area contributed by atoms with Crippen LogP contribution in [0.15, 0.2) is 12.1 Å². The highest BCUT2D eigenvalue weighted by atomic mass is 19.1. The highest BCUT2D eigenvalue weighted by Gasteiger charge is 2.11. The van der Waals surface area contributed by atoms with Crippen molar-refractivity contribution in [1.29, 1.82) is 0 Å². The minimum atomic E-state index is -0.835. The van der Waals surface area contributed by atoms with E-state index in [9.17, 15) is 9.18 Å². The lowest BCUT2D eigenvalue weighted by Crippen LogP contribution is -1.96. The van der Waals surface area contributed by atoms with Crippen molar-refractivity contribution in [3.8, 4) is 11.5 Å². The van der Waals surface area contributed by atoms with Crippen molar-refractivity contribution < 1.29 is 19.4 Å². The molecule has 0 aliphatic rings. The van der Waals surface area contributed by atoms with E-state index in [0.717, 1.165) is 6.07 Å². The van der Waals surface area contributed by atoms with Crippen LogP contribution in [-0.2, 0) is 0 Å². The normalized spacial score (nSPS) is 8.86. The van der Waals surface area contributed by atoms with E-state index in [-0.39, 0.29) is 5.56 Å². The third-order valence-electron chi connectivity index (χ3n) is 1.44. The molecule has 0 unspecified atom stereocenters. The maximum Gasteiger partial charge on any atom is 0.162 e. The number of carbonyl (C=O) groups is 1. The third kappa shape index (κ3) is 2.73. The SMILES string of the molecule is CC.CC(=O)c1cc(O)c(O)cc1F. The van der Waals surface area contributed by atoms with Crippen molar-refractivity contribution in [3.63, 3.8) is 0 Å². The minimum Gasteiger partial charge on any atom is -0.504 e. The molecule has 0 saturated carbocycles. The van der Waals surface area contributed by atoms with E-state index in [1.807, 2.05) is 13.8 Å². The lowest BCUT2D eigenvalue weighted by atomic mass is 10.1. The van der Waals surface area contributed by atoms with Crippen LogP contribution in [0.3, 0.4) is 0 Å². The first-order valence-electron chi connectivity index (χ1n) is 4.25. The van der Waals surface area contributed by atoms with Crippen LogP contribution < -0.4 is 0 Å². The minimum absolute atomic E-state index is 0.231. The Balaban J connectivity index is 0.000000791. The molecule has 0 amide bonds. The van der Waals surface area contributed by atoms with E-state index in [0.29, 0.717) is 6.07 Å². The van der Waals surface area contributed by atoms with Gasteiger partial charge in [-0.1, -0.05) is 13.8 Å². The number of phenolic OH excluding ortho intramolecular Hbond substituents is 2. The Morgan fingerprint density at radius 2 is 1.64 bits per heavy atom. The second-order valence-corrected chi connectivity index (χ2v) is 2.38. The summed E-state index contributed by atoms with van der Waals surface area (Å²) in [4.78, 5) is 10.7. The molecule has 3 nitrogen and oxygen atoms in total. The van der Waals surface area contributed by atoms with E-state index in [4.69, 9.17) is 10.2 Å². The Morgan fingerprint density at radius 1 is 1.21 bits per heavy atom. The summed E-state index contributed by atoms with van der Waals surface area (Å²) >= 11 is 0. The molecule has 1 rings (SSSR count). The lowest BCUT2D eigenvalue weighted by molar-refractivity contribution is 0.101. The summed E-state index contributed by atoms with van der Waals surface area (Å²) in [5.41, 5.74) is -0.231. The summed E-state index contributed by atoms with van der Waals surface area (Å²) in [6.07, 6.45) is 0. The Bertz CT molecular complexity index is 334. The quantitative estimate of drug-likeness (QED) is 0.540. The van der Waals surface area contributed by atoms with E-state index in [1.54, 1.807) is 0 Å². The molecule has 1 aromatic rings. The molecule has 0 saturated heterocycles. The summed E-state index contributed by atoms with van der Waals surface area (Å²) in [6.45, 7) is 5.18. The van der Waals surface area contributed by atoms with Gasteiger partial charge in [-0.2, -0.15) is 0 Å². The average molecular weight is 200 g/mol. The van der Waals surface area contributed by atoms with E-state index in [1.165, 1.54) is 6.92 Å². The molecule has 1 aromatic carbocycles. The van der Waals surface area contributed by atoms with Gasteiger partial charge in [-0.05, 0) is 13.0 Å². The van der Waals surface area contributed by atoms with E-state index < -0.39 is 23.1 Å². The number of ketones is 1. The van der Waals surface area contributed by atoms with Crippen molar-refractivity contribution in [2.24, 2.45) is 0 Å². The van der Waals surface area contributed by atoms with Gasteiger partial charge < -0.3 is 10.2 Å². The van der Waals surface area contributed by atoms with Crippen molar-refractivity contribution >= 4 is 5.78 Å². The summed E-state index contributed by atoms with van der Waals surface area (Å²) in [5, 5.41) is 17.7. The molecule has 0 fully saturated rings. The van der Waals surface area contributed by atoms with Crippen molar-refractivity contribution in [3.05, 3.63) is 23.5 Å². The summed E-state index contributed by atoms with van der Waals surface area (Å²) in [5.74, 6) is -2.40. The standard InChI is InChI=1S/C8H7FO3.C2H6/c1-4(10)5-2-7(11)8(12)3-6(5)9;1-2/h2-3,11-12H,1H3;1-2H3. The van der Waals surface area contributed by atoms with Gasteiger partial charge >= 0.3 is 0 Å². The maximum atomic E-state index is 12.8. The van der Waals surface area contributed by atoms with Crippen LogP contribution in [0.25, 0.3) is 0 Å². The molecule has 0 radical (unpaired) electrons. The zero-order valence-corrected chi connectivity index (χ0v) is 8.34. The van der Waals surface area contributed by atoms with Gasteiger partial charge in [0.05, 0.1) is 5.56 Å². The molecule has 0 atom stereocenters. The molecule has 0 aromatic heterocycles. The van der Waals surface area contributed by atoms with Crippen LogP contribution in [0.1, 0.15) is 31.1 Å². The number of aromatic hydroxyl groups is 2. The first kappa shape index (κ1) is 12.4. The molecule has 0 aliphatic heterocycles.